The first kappa shape index (κ1) is 14.9. The van der Waals surface area contributed by atoms with Crippen molar-refractivity contribution in [1.29, 1.82) is 0 Å². The van der Waals surface area contributed by atoms with Crippen LogP contribution >= 0.6 is 0 Å². The second-order valence-corrected chi connectivity index (χ2v) is 1.63. The van der Waals surface area contributed by atoms with Crippen LogP contribution in [0, 0.1) is 15.3 Å². The summed E-state index contributed by atoms with van der Waals surface area (Å²) < 4.78 is 0. The molecular formula is C3H6AgN7O3. The molecule has 0 aliphatic heterocycles. The summed E-state index contributed by atoms with van der Waals surface area (Å²) in [5.41, 5.74) is 15.4. The van der Waals surface area contributed by atoms with Crippen LogP contribution in [0.4, 0.5) is 17.8 Å². The molecule has 82 valence electrons. The Balaban J connectivity index is 0. The summed E-state index contributed by atoms with van der Waals surface area (Å²) in [6, 6.07) is 0. The fourth-order valence-electron chi connectivity index (χ4n) is 0.427. The van der Waals surface area contributed by atoms with E-state index in [9.17, 15) is 0 Å². The third-order valence-corrected chi connectivity index (χ3v) is 0.687. The average Bonchev–Trinajstić information content (AvgIpc) is 1.80. The molecule has 1 rings (SSSR count). The molecule has 1 heterocycles. The van der Waals surface area contributed by atoms with Gasteiger partial charge in [-0.3, -0.25) is 0 Å². The van der Waals surface area contributed by atoms with Crippen LogP contribution in [-0.4, -0.2) is 20.0 Å². The van der Waals surface area contributed by atoms with Crippen LogP contribution in [0.15, 0.2) is 0 Å². The van der Waals surface area contributed by atoms with Gasteiger partial charge in [-0.2, -0.15) is 15.0 Å². The quantitative estimate of drug-likeness (QED) is 0.287. The second-order valence-electron chi connectivity index (χ2n) is 1.63. The molecule has 0 aliphatic rings. The van der Waals surface area contributed by atoms with E-state index in [1.807, 2.05) is 0 Å². The first-order valence-electron chi connectivity index (χ1n) is 2.76. The Morgan fingerprint density at radius 3 is 1.21 bits per heavy atom. The predicted molar refractivity (Wildman–Crippen MR) is 43.4 cm³/mol. The Morgan fingerprint density at radius 1 is 0.929 bits per heavy atom. The van der Waals surface area contributed by atoms with Gasteiger partial charge in [0.25, 0.3) is 0 Å². The smallest absolute Gasteiger partial charge is 0.368 e. The van der Waals surface area contributed by atoms with Gasteiger partial charge in [0, 0.05) is 0 Å². The molecule has 0 spiro atoms. The van der Waals surface area contributed by atoms with E-state index in [1.165, 1.54) is 0 Å². The van der Waals surface area contributed by atoms with Gasteiger partial charge in [0.15, 0.2) is 0 Å². The number of nitrogens with two attached hydrogens (primary N) is 3. The average molecular weight is 296 g/mol. The van der Waals surface area contributed by atoms with Crippen molar-refractivity contribution >= 4 is 17.8 Å². The summed E-state index contributed by atoms with van der Waals surface area (Å²) in [4.78, 5) is 18.7. The molecule has 0 atom stereocenters. The van der Waals surface area contributed by atoms with Crippen LogP contribution in [0.25, 0.3) is 0 Å². The maximum atomic E-state index is 8.25. The number of nitrogen functional groups attached to an aromatic ring is 3. The van der Waals surface area contributed by atoms with Crippen LogP contribution in [0.1, 0.15) is 0 Å². The SMILES string of the molecule is Nc1nc(N)nc(N)n1.O=[N+]([O-])[O-].[Ag+]. The van der Waals surface area contributed by atoms with Crippen molar-refractivity contribution in [2.24, 2.45) is 0 Å². The van der Waals surface area contributed by atoms with E-state index in [1.54, 1.807) is 0 Å². The van der Waals surface area contributed by atoms with Gasteiger partial charge in [0.05, 0.1) is 5.09 Å². The van der Waals surface area contributed by atoms with E-state index in [-0.39, 0.29) is 40.2 Å². The van der Waals surface area contributed by atoms with Crippen molar-refractivity contribution in [1.82, 2.24) is 15.0 Å². The Morgan fingerprint density at radius 2 is 1.07 bits per heavy atom. The molecule has 1 aromatic heterocycles. The summed E-state index contributed by atoms with van der Waals surface area (Å²) in [5, 5.41) is 14.8. The molecule has 1 aromatic rings. The zero-order valence-electron chi connectivity index (χ0n) is 6.55. The Kier molecular flexibility index (Phi) is 7.24. The third-order valence-electron chi connectivity index (χ3n) is 0.687. The van der Waals surface area contributed by atoms with Crippen LogP contribution in [0.2, 0.25) is 0 Å². The summed E-state index contributed by atoms with van der Waals surface area (Å²) in [7, 11) is 0. The number of anilines is 3. The third kappa shape index (κ3) is 8.45. The predicted octanol–water partition coefficient (Wildman–Crippen LogP) is -1.62. The molecule has 14 heavy (non-hydrogen) atoms. The Labute approximate surface area is 93.2 Å². The van der Waals surface area contributed by atoms with E-state index >= 15 is 0 Å². The minimum absolute atomic E-state index is 0. The standard InChI is InChI=1S/C3H6N6.Ag.NO3/c4-1-7-2(5)9-3(6)8-1;;2-1(3)4/h(H6,4,5,6,7,8,9);;/q;+1;-1. The fraction of sp³-hybridized carbons (Fsp3) is 0. The molecule has 0 fully saturated rings. The first-order chi connectivity index (χ1) is 5.91. The normalized spacial score (nSPS) is 7.71. The van der Waals surface area contributed by atoms with E-state index in [4.69, 9.17) is 32.5 Å². The van der Waals surface area contributed by atoms with Crippen molar-refractivity contribution in [3.8, 4) is 0 Å². The molecule has 0 saturated carbocycles. The summed E-state index contributed by atoms with van der Waals surface area (Å²) in [6.45, 7) is 0. The largest absolute Gasteiger partial charge is 1.00 e. The Bertz CT molecular complexity index is 252. The monoisotopic (exact) mass is 295 g/mol. The molecule has 0 aromatic carbocycles. The number of hydrogen-bond donors (Lipinski definition) is 3. The number of hydrogen-bond acceptors (Lipinski definition) is 9. The molecule has 0 unspecified atom stereocenters. The molecule has 0 amide bonds. The maximum absolute atomic E-state index is 8.25. The van der Waals surface area contributed by atoms with Gasteiger partial charge < -0.3 is 32.5 Å². The summed E-state index contributed by atoms with van der Waals surface area (Å²) in [6.07, 6.45) is 0. The van der Waals surface area contributed by atoms with Gasteiger partial charge in [-0.15, -0.1) is 0 Å². The van der Waals surface area contributed by atoms with E-state index < -0.39 is 5.09 Å². The minimum atomic E-state index is -1.75. The van der Waals surface area contributed by atoms with Crippen molar-refractivity contribution in [2.45, 2.75) is 0 Å². The number of aromatic nitrogens is 3. The van der Waals surface area contributed by atoms with E-state index in [2.05, 4.69) is 15.0 Å². The van der Waals surface area contributed by atoms with Crippen LogP contribution in [0.3, 0.4) is 0 Å². The minimum Gasteiger partial charge on any atom is -0.368 e. The fourth-order valence-corrected chi connectivity index (χ4v) is 0.427. The molecule has 0 radical (unpaired) electrons. The van der Waals surface area contributed by atoms with Crippen molar-refractivity contribution in [2.75, 3.05) is 17.2 Å². The van der Waals surface area contributed by atoms with Crippen molar-refractivity contribution in [3.63, 3.8) is 0 Å². The molecular weight excluding hydrogens is 290 g/mol. The van der Waals surface area contributed by atoms with Crippen LogP contribution < -0.4 is 17.2 Å². The van der Waals surface area contributed by atoms with Crippen LogP contribution in [0.5, 0.6) is 0 Å². The van der Waals surface area contributed by atoms with Gasteiger partial charge in [0.2, 0.25) is 17.8 Å². The molecule has 0 saturated heterocycles. The van der Waals surface area contributed by atoms with Gasteiger partial charge in [-0.1, -0.05) is 0 Å². The van der Waals surface area contributed by atoms with Crippen LogP contribution in [-0.2, 0) is 22.4 Å². The second kappa shape index (κ2) is 6.82. The van der Waals surface area contributed by atoms with Gasteiger partial charge in [0.1, 0.15) is 0 Å². The molecule has 0 aliphatic carbocycles. The molecule has 11 heteroatoms. The number of rotatable bonds is 0. The van der Waals surface area contributed by atoms with E-state index in [0.29, 0.717) is 0 Å². The number of nitrogens with zero attached hydrogens (tertiary/aromatic N) is 4. The first-order valence-corrected chi connectivity index (χ1v) is 2.76. The maximum Gasteiger partial charge on any atom is 1.00 e. The van der Waals surface area contributed by atoms with Gasteiger partial charge in [-0.25, -0.2) is 0 Å². The zero-order valence-corrected chi connectivity index (χ0v) is 8.03. The van der Waals surface area contributed by atoms with Crippen molar-refractivity contribution in [3.05, 3.63) is 15.3 Å². The Hall–Kier alpha value is -1.65. The zero-order chi connectivity index (χ0) is 10.4. The van der Waals surface area contributed by atoms with Gasteiger partial charge >= 0.3 is 22.4 Å². The van der Waals surface area contributed by atoms with Gasteiger partial charge in [-0.05, 0) is 0 Å². The van der Waals surface area contributed by atoms with Crippen molar-refractivity contribution < 1.29 is 27.5 Å². The molecule has 6 N–H and O–H groups in total. The molecule has 0 bridgehead atoms. The summed E-state index contributed by atoms with van der Waals surface area (Å²) in [5.74, 6) is 0.125. The molecule has 10 nitrogen and oxygen atoms in total. The summed E-state index contributed by atoms with van der Waals surface area (Å²) >= 11 is 0. The van der Waals surface area contributed by atoms with E-state index in [0.717, 1.165) is 0 Å². The topological polar surface area (TPSA) is 183 Å².